The lowest BCUT2D eigenvalue weighted by atomic mass is 9.92. The van der Waals surface area contributed by atoms with Crippen LogP contribution in [0, 0.1) is 0 Å². The molecule has 2 N–H and O–H groups in total. The second-order valence-corrected chi connectivity index (χ2v) is 5.29. The van der Waals surface area contributed by atoms with E-state index in [0.29, 0.717) is 22.6 Å². The van der Waals surface area contributed by atoms with Gasteiger partial charge >= 0.3 is 0 Å². The number of hydrogen-bond acceptors (Lipinski definition) is 5. The van der Waals surface area contributed by atoms with Gasteiger partial charge in [-0.25, -0.2) is 4.98 Å². The van der Waals surface area contributed by atoms with Gasteiger partial charge in [0.05, 0.1) is 18.1 Å². The molecule has 1 aliphatic carbocycles. The van der Waals surface area contributed by atoms with E-state index in [0.717, 1.165) is 18.0 Å². The maximum absolute atomic E-state index is 9.07. The molecular formula is C10H15ClN2O2S. The van der Waals surface area contributed by atoms with Crippen molar-refractivity contribution in [3.8, 4) is 0 Å². The number of nitrogens with zero attached hydrogens (tertiary/aromatic N) is 2. The van der Waals surface area contributed by atoms with Crippen LogP contribution >= 0.6 is 22.9 Å². The summed E-state index contributed by atoms with van der Waals surface area (Å²) in [7, 11) is 0. The molecule has 0 spiro atoms. The highest BCUT2D eigenvalue weighted by Crippen LogP contribution is 2.35. The molecule has 0 atom stereocenters. The molecule has 6 heteroatoms. The van der Waals surface area contributed by atoms with Crippen LogP contribution in [0.15, 0.2) is 0 Å². The van der Waals surface area contributed by atoms with Gasteiger partial charge in [-0.1, -0.05) is 22.9 Å². The third kappa shape index (κ3) is 2.32. The molecule has 1 fully saturated rings. The average Bonchev–Trinajstić information content (AvgIpc) is 2.56. The Bertz CT molecular complexity index is 355. The smallest absolute Gasteiger partial charge is 0.187 e. The third-order valence-electron chi connectivity index (χ3n) is 2.88. The van der Waals surface area contributed by atoms with Gasteiger partial charge in [0.1, 0.15) is 5.15 Å². The van der Waals surface area contributed by atoms with Crippen molar-refractivity contribution in [2.24, 2.45) is 0 Å². The van der Waals surface area contributed by atoms with Crippen LogP contribution in [0.2, 0.25) is 5.15 Å². The van der Waals surface area contributed by atoms with Crippen LogP contribution < -0.4 is 4.90 Å². The van der Waals surface area contributed by atoms with Crippen molar-refractivity contribution in [1.29, 1.82) is 0 Å². The van der Waals surface area contributed by atoms with Crippen molar-refractivity contribution < 1.29 is 10.2 Å². The van der Waals surface area contributed by atoms with Crippen LogP contribution in [0.5, 0.6) is 0 Å². The van der Waals surface area contributed by atoms with E-state index in [1.807, 2.05) is 0 Å². The van der Waals surface area contributed by atoms with E-state index in [9.17, 15) is 0 Å². The van der Waals surface area contributed by atoms with Gasteiger partial charge in [-0.2, -0.15) is 0 Å². The molecule has 90 valence electrons. The first kappa shape index (κ1) is 12.1. The summed E-state index contributed by atoms with van der Waals surface area (Å²) in [6.07, 6.45) is 3.52. The lowest BCUT2D eigenvalue weighted by Crippen LogP contribution is -2.41. The predicted octanol–water partition coefficient (Wildman–Crippen LogP) is 1.64. The third-order valence-corrected chi connectivity index (χ3v) is 4.39. The van der Waals surface area contributed by atoms with Gasteiger partial charge in [-0.05, 0) is 19.3 Å². The summed E-state index contributed by atoms with van der Waals surface area (Å²) in [6.45, 7) is 0.621. The Morgan fingerprint density at radius 3 is 2.62 bits per heavy atom. The second-order valence-electron chi connectivity index (χ2n) is 3.87. The normalized spacial score (nSPS) is 16.2. The van der Waals surface area contributed by atoms with Gasteiger partial charge in [-0.3, -0.25) is 0 Å². The molecule has 0 aliphatic heterocycles. The molecule has 0 unspecified atom stereocenters. The summed E-state index contributed by atoms with van der Waals surface area (Å²) in [4.78, 5) is 7.03. The molecule has 0 aromatic carbocycles. The van der Waals surface area contributed by atoms with E-state index >= 15 is 0 Å². The molecule has 0 saturated heterocycles. The predicted molar refractivity (Wildman–Crippen MR) is 65.1 cm³/mol. The van der Waals surface area contributed by atoms with E-state index in [1.165, 1.54) is 17.8 Å². The van der Waals surface area contributed by atoms with E-state index in [-0.39, 0.29) is 13.2 Å². The Morgan fingerprint density at radius 2 is 2.19 bits per heavy atom. The van der Waals surface area contributed by atoms with Gasteiger partial charge in [-0.15, -0.1) is 0 Å². The molecule has 1 heterocycles. The topological polar surface area (TPSA) is 56.6 Å². The van der Waals surface area contributed by atoms with Crippen molar-refractivity contribution >= 4 is 28.1 Å². The molecule has 1 aromatic rings. The average molecular weight is 263 g/mol. The summed E-state index contributed by atoms with van der Waals surface area (Å²) in [5, 5.41) is 19.3. The number of rotatable bonds is 5. The fraction of sp³-hybridized carbons (Fsp3) is 0.700. The lowest BCUT2D eigenvalue weighted by molar-refractivity contribution is 0.283. The zero-order valence-electron chi connectivity index (χ0n) is 8.90. The van der Waals surface area contributed by atoms with Gasteiger partial charge in [0.15, 0.2) is 5.13 Å². The fourth-order valence-electron chi connectivity index (χ4n) is 1.78. The first-order chi connectivity index (χ1) is 7.76. The number of aliphatic hydroxyl groups is 2. The van der Waals surface area contributed by atoms with E-state index in [2.05, 4.69) is 9.88 Å². The maximum Gasteiger partial charge on any atom is 0.187 e. The zero-order chi connectivity index (χ0) is 11.5. The van der Waals surface area contributed by atoms with Crippen LogP contribution in [0.1, 0.15) is 24.1 Å². The largest absolute Gasteiger partial charge is 0.395 e. The van der Waals surface area contributed by atoms with Crippen LogP contribution in [0.4, 0.5) is 5.13 Å². The van der Waals surface area contributed by atoms with Gasteiger partial charge in [0.25, 0.3) is 0 Å². The summed E-state index contributed by atoms with van der Waals surface area (Å²) in [6, 6.07) is 0.473. The quantitative estimate of drug-likeness (QED) is 0.847. The number of thiazole rings is 1. The molecule has 16 heavy (non-hydrogen) atoms. The summed E-state index contributed by atoms with van der Waals surface area (Å²) < 4.78 is 0. The summed E-state index contributed by atoms with van der Waals surface area (Å²) in [5.41, 5.74) is 0. The molecule has 0 bridgehead atoms. The van der Waals surface area contributed by atoms with Crippen LogP contribution in [-0.2, 0) is 6.61 Å². The molecule has 1 aliphatic rings. The van der Waals surface area contributed by atoms with Gasteiger partial charge < -0.3 is 15.1 Å². The minimum absolute atomic E-state index is 0.0753. The molecular weight excluding hydrogens is 248 g/mol. The standard InChI is InChI=1S/C10H15ClN2O2S/c11-9-8(6-15)16-10(12-9)13(4-5-14)7-2-1-3-7/h7,14-15H,1-6H2. The van der Waals surface area contributed by atoms with Gasteiger partial charge in [0.2, 0.25) is 0 Å². The first-order valence-electron chi connectivity index (χ1n) is 5.39. The molecule has 4 nitrogen and oxygen atoms in total. The number of aliphatic hydroxyl groups excluding tert-OH is 2. The summed E-state index contributed by atoms with van der Waals surface area (Å²) in [5.74, 6) is 0. The van der Waals surface area contributed by atoms with Crippen molar-refractivity contribution in [1.82, 2.24) is 4.98 Å². The second kappa shape index (κ2) is 5.31. The Hall–Kier alpha value is -0.360. The molecule has 1 saturated carbocycles. The monoisotopic (exact) mass is 262 g/mol. The maximum atomic E-state index is 9.07. The highest BCUT2D eigenvalue weighted by atomic mass is 35.5. The Morgan fingerprint density at radius 1 is 1.44 bits per heavy atom. The summed E-state index contributed by atoms with van der Waals surface area (Å²) >= 11 is 7.31. The van der Waals surface area contributed by atoms with Crippen LogP contribution in [0.3, 0.4) is 0 Å². The number of halogens is 1. The molecule has 0 amide bonds. The highest BCUT2D eigenvalue weighted by Gasteiger charge is 2.27. The highest BCUT2D eigenvalue weighted by molar-refractivity contribution is 7.16. The van der Waals surface area contributed by atoms with Crippen molar-refractivity contribution in [2.45, 2.75) is 31.9 Å². The van der Waals surface area contributed by atoms with Gasteiger partial charge in [0, 0.05) is 12.6 Å². The Balaban J connectivity index is 2.16. The molecule has 1 aromatic heterocycles. The van der Waals surface area contributed by atoms with E-state index in [1.54, 1.807) is 0 Å². The zero-order valence-corrected chi connectivity index (χ0v) is 10.5. The lowest BCUT2D eigenvalue weighted by Gasteiger charge is -2.37. The van der Waals surface area contributed by atoms with Crippen molar-refractivity contribution in [2.75, 3.05) is 18.1 Å². The molecule has 2 rings (SSSR count). The van der Waals surface area contributed by atoms with Crippen LogP contribution in [-0.4, -0.2) is 34.4 Å². The van der Waals surface area contributed by atoms with Crippen molar-refractivity contribution in [3.05, 3.63) is 10.0 Å². The fourth-order valence-corrected chi connectivity index (χ4v) is 3.00. The Kier molecular flexibility index (Phi) is 4.02. The minimum atomic E-state index is -0.0753. The van der Waals surface area contributed by atoms with E-state index < -0.39 is 0 Å². The SMILES string of the molecule is OCCN(c1nc(Cl)c(CO)s1)C1CCC1. The first-order valence-corrected chi connectivity index (χ1v) is 6.59. The number of aromatic nitrogens is 1. The van der Waals surface area contributed by atoms with Crippen molar-refractivity contribution in [3.63, 3.8) is 0 Å². The Labute approximate surface area is 103 Å². The number of anilines is 1. The van der Waals surface area contributed by atoms with E-state index in [4.69, 9.17) is 21.8 Å². The minimum Gasteiger partial charge on any atom is -0.395 e. The number of hydrogen-bond donors (Lipinski definition) is 2. The molecule has 0 radical (unpaired) electrons. The van der Waals surface area contributed by atoms with Crippen LogP contribution in [0.25, 0.3) is 0 Å².